The van der Waals surface area contributed by atoms with Gasteiger partial charge in [0.1, 0.15) is 5.82 Å². The molecule has 6 heteroatoms. The molecule has 0 saturated carbocycles. The van der Waals surface area contributed by atoms with E-state index < -0.39 is 5.82 Å². The highest BCUT2D eigenvalue weighted by molar-refractivity contribution is 5.75. The van der Waals surface area contributed by atoms with Gasteiger partial charge in [0.25, 0.3) is 0 Å². The van der Waals surface area contributed by atoms with Crippen LogP contribution in [0.4, 0.5) is 9.18 Å². The lowest BCUT2D eigenvalue weighted by Crippen LogP contribution is -2.47. The Morgan fingerprint density at radius 2 is 2.30 bits per heavy atom. The van der Waals surface area contributed by atoms with Crippen molar-refractivity contribution in [3.63, 3.8) is 0 Å². The van der Waals surface area contributed by atoms with Crippen LogP contribution in [0.1, 0.15) is 36.8 Å². The van der Waals surface area contributed by atoms with Gasteiger partial charge < -0.3 is 15.0 Å². The Morgan fingerprint density at radius 3 is 3.04 bits per heavy atom. The summed E-state index contributed by atoms with van der Waals surface area (Å²) in [7, 11) is 0. The SMILES string of the molecule is N#Cc1ccc(F)c(CNC(=O)N2CCC[C@@H]2[C@H]2CCCO2)c1. The Hall–Kier alpha value is -2.13. The number of nitrogens with zero attached hydrogens (tertiary/aromatic N) is 2. The van der Waals surface area contributed by atoms with Gasteiger partial charge in [0, 0.05) is 25.3 Å². The molecule has 2 aliphatic heterocycles. The average Bonchev–Trinajstić information content (AvgIpc) is 3.24. The maximum atomic E-state index is 13.8. The minimum absolute atomic E-state index is 0.0783. The maximum Gasteiger partial charge on any atom is 0.318 e. The number of hydrogen-bond acceptors (Lipinski definition) is 3. The van der Waals surface area contributed by atoms with Crippen LogP contribution in [0.5, 0.6) is 0 Å². The number of ether oxygens (including phenoxy) is 1. The molecule has 0 aromatic heterocycles. The molecule has 1 aromatic rings. The topological polar surface area (TPSA) is 65.4 Å². The van der Waals surface area contributed by atoms with Crippen LogP contribution in [-0.4, -0.2) is 36.2 Å². The molecule has 2 saturated heterocycles. The van der Waals surface area contributed by atoms with Crippen LogP contribution in [0.2, 0.25) is 0 Å². The third kappa shape index (κ3) is 3.45. The van der Waals surface area contributed by atoms with Gasteiger partial charge in [-0.1, -0.05) is 0 Å². The second-order valence-corrected chi connectivity index (χ2v) is 6.03. The molecule has 2 aliphatic rings. The predicted molar refractivity (Wildman–Crippen MR) is 82.1 cm³/mol. The fourth-order valence-electron chi connectivity index (χ4n) is 3.39. The summed E-state index contributed by atoms with van der Waals surface area (Å²) in [5, 5.41) is 11.6. The summed E-state index contributed by atoms with van der Waals surface area (Å²) in [6.45, 7) is 1.55. The van der Waals surface area contributed by atoms with E-state index in [0.29, 0.717) is 17.7 Å². The maximum absolute atomic E-state index is 13.8. The van der Waals surface area contributed by atoms with Gasteiger partial charge in [-0.2, -0.15) is 5.26 Å². The van der Waals surface area contributed by atoms with Crippen LogP contribution in [0.25, 0.3) is 0 Å². The lowest BCUT2D eigenvalue weighted by molar-refractivity contribution is 0.0520. The monoisotopic (exact) mass is 317 g/mol. The molecule has 2 fully saturated rings. The highest BCUT2D eigenvalue weighted by atomic mass is 19.1. The Labute approximate surface area is 135 Å². The van der Waals surface area contributed by atoms with E-state index in [4.69, 9.17) is 10.00 Å². The van der Waals surface area contributed by atoms with Gasteiger partial charge in [-0.15, -0.1) is 0 Å². The number of carbonyl (C=O) groups is 1. The molecule has 122 valence electrons. The van der Waals surface area contributed by atoms with Crippen molar-refractivity contribution >= 4 is 6.03 Å². The normalized spacial score (nSPS) is 23.7. The number of likely N-dealkylation sites (tertiary alicyclic amines) is 1. The van der Waals surface area contributed by atoms with E-state index in [0.717, 1.165) is 32.3 Å². The van der Waals surface area contributed by atoms with Gasteiger partial charge in [0.2, 0.25) is 0 Å². The zero-order valence-corrected chi connectivity index (χ0v) is 12.9. The molecule has 2 heterocycles. The smallest absolute Gasteiger partial charge is 0.318 e. The van der Waals surface area contributed by atoms with Gasteiger partial charge in [-0.05, 0) is 43.9 Å². The number of hydrogen-bond donors (Lipinski definition) is 1. The second kappa shape index (κ2) is 6.97. The number of urea groups is 1. The van der Waals surface area contributed by atoms with E-state index in [9.17, 15) is 9.18 Å². The molecule has 2 atom stereocenters. The molecule has 2 amide bonds. The van der Waals surface area contributed by atoms with Crippen molar-refractivity contribution in [1.82, 2.24) is 10.2 Å². The minimum Gasteiger partial charge on any atom is -0.376 e. The molecular formula is C17H20FN3O2. The second-order valence-electron chi connectivity index (χ2n) is 6.03. The highest BCUT2D eigenvalue weighted by Gasteiger charge is 2.36. The average molecular weight is 317 g/mol. The fourth-order valence-corrected chi connectivity index (χ4v) is 3.39. The summed E-state index contributed by atoms with van der Waals surface area (Å²) < 4.78 is 19.5. The van der Waals surface area contributed by atoms with Crippen LogP contribution in [0.15, 0.2) is 18.2 Å². The Kier molecular flexibility index (Phi) is 4.77. The first kappa shape index (κ1) is 15.8. The third-order valence-corrected chi connectivity index (χ3v) is 4.56. The van der Waals surface area contributed by atoms with E-state index in [1.807, 2.05) is 11.0 Å². The molecule has 0 radical (unpaired) electrons. The van der Waals surface area contributed by atoms with Crippen molar-refractivity contribution in [2.24, 2.45) is 0 Å². The number of nitriles is 1. The standard InChI is InChI=1S/C17H20FN3O2/c18-14-6-5-12(10-19)9-13(14)11-20-17(22)21-7-1-3-15(21)16-4-2-8-23-16/h5-6,9,15-16H,1-4,7-8,11H2,(H,20,22)/t15-,16-/m1/s1. The first-order valence-corrected chi connectivity index (χ1v) is 8.03. The van der Waals surface area contributed by atoms with E-state index in [1.165, 1.54) is 18.2 Å². The summed E-state index contributed by atoms with van der Waals surface area (Å²) in [4.78, 5) is 14.2. The lowest BCUT2D eigenvalue weighted by atomic mass is 10.1. The highest BCUT2D eigenvalue weighted by Crippen LogP contribution is 2.27. The van der Waals surface area contributed by atoms with Gasteiger partial charge >= 0.3 is 6.03 Å². The number of amides is 2. The van der Waals surface area contributed by atoms with E-state index >= 15 is 0 Å². The summed E-state index contributed by atoms with van der Waals surface area (Å²) in [6.07, 6.45) is 4.09. The molecule has 0 unspecified atom stereocenters. The van der Waals surface area contributed by atoms with Gasteiger partial charge in [0.15, 0.2) is 0 Å². The first-order valence-electron chi connectivity index (χ1n) is 8.03. The summed E-state index contributed by atoms with van der Waals surface area (Å²) in [5.74, 6) is -0.415. The molecular weight excluding hydrogens is 297 g/mol. The Balaban J connectivity index is 1.61. The zero-order valence-electron chi connectivity index (χ0n) is 12.9. The molecule has 3 rings (SSSR count). The number of rotatable bonds is 3. The number of benzene rings is 1. The molecule has 0 spiro atoms. The first-order chi connectivity index (χ1) is 11.2. The number of carbonyl (C=O) groups excluding carboxylic acids is 1. The Bertz CT molecular complexity index is 623. The molecule has 5 nitrogen and oxygen atoms in total. The van der Waals surface area contributed by atoms with Crippen LogP contribution >= 0.6 is 0 Å². The van der Waals surface area contributed by atoms with E-state index in [-0.39, 0.29) is 24.7 Å². The van der Waals surface area contributed by atoms with Crippen LogP contribution in [0.3, 0.4) is 0 Å². The van der Waals surface area contributed by atoms with Crippen molar-refractivity contribution in [1.29, 1.82) is 5.26 Å². The van der Waals surface area contributed by atoms with Gasteiger partial charge in [0.05, 0.1) is 23.8 Å². The molecule has 0 aliphatic carbocycles. The van der Waals surface area contributed by atoms with E-state index in [1.54, 1.807) is 0 Å². The molecule has 1 N–H and O–H groups in total. The predicted octanol–water partition coefficient (Wildman–Crippen LogP) is 2.55. The van der Waals surface area contributed by atoms with E-state index in [2.05, 4.69) is 5.32 Å². The summed E-state index contributed by atoms with van der Waals surface area (Å²) in [6, 6.07) is 6.05. The zero-order chi connectivity index (χ0) is 16.2. The number of nitrogens with one attached hydrogen (secondary N) is 1. The van der Waals surface area contributed by atoms with Crippen LogP contribution < -0.4 is 5.32 Å². The molecule has 0 bridgehead atoms. The fraction of sp³-hybridized carbons (Fsp3) is 0.529. The molecule has 23 heavy (non-hydrogen) atoms. The third-order valence-electron chi connectivity index (χ3n) is 4.56. The van der Waals surface area contributed by atoms with Crippen LogP contribution in [-0.2, 0) is 11.3 Å². The van der Waals surface area contributed by atoms with Crippen molar-refractivity contribution in [2.45, 2.75) is 44.4 Å². The van der Waals surface area contributed by atoms with Gasteiger partial charge in [-0.25, -0.2) is 9.18 Å². The van der Waals surface area contributed by atoms with Crippen molar-refractivity contribution in [2.75, 3.05) is 13.2 Å². The van der Waals surface area contributed by atoms with Crippen molar-refractivity contribution in [3.05, 3.63) is 35.1 Å². The lowest BCUT2D eigenvalue weighted by Gasteiger charge is -2.29. The molecule has 1 aromatic carbocycles. The quantitative estimate of drug-likeness (QED) is 0.932. The Morgan fingerprint density at radius 1 is 1.43 bits per heavy atom. The largest absolute Gasteiger partial charge is 0.376 e. The van der Waals surface area contributed by atoms with Crippen LogP contribution in [0, 0.1) is 17.1 Å². The van der Waals surface area contributed by atoms with Gasteiger partial charge in [-0.3, -0.25) is 0 Å². The van der Waals surface area contributed by atoms with Crippen molar-refractivity contribution < 1.29 is 13.9 Å². The summed E-state index contributed by atoms with van der Waals surface area (Å²) in [5.41, 5.74) is 0.708. The summed E-state index contributed by atoms with van der Waals surface area (Å²) >= 11 is 0. The number of halogens is 1. The van der Waals surface area contributed by atoms with Crippen molar-refractivity contribution in [3.8, 4) is 6.07 Å². The minimum atomic E-state index is -0.415.